The molecule has 4 heterocycles. The highest BCUT2D eigenvalue weighted by Crippen LogP contribution is 2.49. The summed E-state index contributed by atoms with van der Waals surface area (Å²) in [6.45, 7) is 4.56. The van der Waals surface area contributed by atoms with Gasteiger partial charge < -0.3 is 23.7 Å². The minimum absolute atomic E-state index is 0.00741. The van der Waals surface area contributed by atoms with Gasteiger partial charge in [-0.3, -0.25) is 5.32 Å². The Bertz CT molecular complexity index is 1330. The first-order chi connectivity index (χ1) is 16.5. The van der Waals surface area contributed by atoms with E-state index in [9.17, 15) is 13.9 Å². The molecule has 0 radical (unpaired) electrons. The number of ether oxygens (including phenoxy) is 1. The Labute approximate surface area is 200 Å². The molecular weight excluding hydrogens is 462 g/mol. The Kier molecular flexibility index (Phi) is 4.87. The van der Waals surface area contributed by atoms with Crippen LogP contribution >= 0.6 is 0 Å². The van der Waals surface area contributed by atoms with Crippen molar-refractivity contribution in [1.29, 1.82) is 0 Å². The van der Waals surface area contributed by atoms with E-state index in [-0.39, 0.29) is 17.3 Å². The van der Waals surface area contributed by atoms with E-state index in [0.717, 1.165) is 0 Å². The first kappa shape index (κ1) is 22.8. The molecule has 0 saturated carbocycles. The van der Waals surface area contributed by atoms with Gasteiger partial charge in [0.2, 0.25) is 0 Å². The van der Waals surface area contributed by atoms with Crippen molar-refractivity contribution in [2.24, 2.45) is 0 Å². The number of nitrogens with zero attached hydrogens (tertiary/aromatic N) is 2. The molecule has 35 heavy (non-hydrogen) atoms. The van der Waals surface area contributed by atoms with Crippen LogP contribution in [0.3, 0.4) is 0 Å². The van der Waals surface area contributed by atoms with Gasteiger partial charge in [-0.15, -0.1) is 0 Å². The van der Waals surface area contributed by atoms with Crippen molar-refractivity contribution in [3.8, 4) is 5.75 Å². The molecule has 0 spiro atoms. The van der Waals surface area contributed by atoms with Crippen molar-refractivity contribution in [1.82, 2.24) is 14.9 Å². The molecule has 0 aliphatic carbocycles. The number of alkyl halides is 2. The normalized spacial score (nSPS) is 26.2. The summed E-state index contributed by atoms with van der Waals surface area (Å²) in [7, 11) is -0.913. The van der Waals surface area contributed by atoms with E-state index in [0.29, 0.717) is 34.4 Å². The number of benzene rings is 2. The number of nitrogens with one attached hydrogen (secondary N) is 1. The lowest BCUT2D eigenvalue weighted by Gasteiger charge is -2.32. The number of halogens is 3. The number of imidazole rings is 1. The van der Waals surface area contributed by atoms with Crippen molar-refractivity contribution >= 4 is 23.6 Å². The van der Waals surface area contributed by atoms with Gasteiger partial charge in [0, 0.05) is 22.7 Å². The lowest BCUT2D eigenvalue weighted by atomic mass is 9.78. The Morgan fingerprint density at radius 1 is 1.20 bits per heavy atom. The van der Waals surface area contributed by atoms with Gasteiger partial charge in [-0.1, -0.05) is 12.1 Å². The number of hydrogen-bond donors (Lipinski definition) is 2. The molecule has 6 rings (SSSR count). The molecule has 0 amide bonds. The standard InChI is InChI=1S/C24H25BF3N3O4/c1-23(2)24(3,4)35-25(34-23)12-8-16-14(9-13(12)26)29-20-15-10-17(31(16)20)19-11(21(32)30-15)6-5-7-18(19)33-22(27)28/h5-9,15,17,21-22,30,32H,10H2,1-4H3/t15-,17-,21?/m1/s1. The third-order valence-electron chi connectivity index (χ3n) is 7.73. The maximum Gasteiger partial charge on any atom is 0.497 e. The van der Waals surface area contributed by atoms with E-state index >= 15 is 4.39 Å². The van der Waals surface area contributed by atoms with Gasteiger partial charge in [-0.2, -0.15) is 8.78 Å². The summed E-state index contributed by atoms with van der Waals surface area (Å²) < 4.78 is 60.6. The predicted octanol–water partition coefficient (Wildman–Crippen LogP) is 3.70. The summed E-state index contributed by atoms with van der Waals surface area (Å²) in [5.41, 5.74) is 0.893. The van der Waals surface area contributed by atoms with Crippen molar-refractivity contribution in [3.05, 3.63) is 53.1 Å². The highest BCUT2D eigenvalue weighted by atomic mass is 19.3. The molecule has 3 atom stereocenters. The van der Waals surface area contributed by atoms with Gasteiger partial charge in [-0.05, 0) is 46.2 Å². The molecule has 2 N–H and O–H groups in total. The Morgan fingerprint density at radius 3 is 2.60 bits per heavy atom. The summed E-state index contributed by atoms with van der Waals surface area (Å²) >= 11 is 0. The molecule has 3 aliphatic heterocycles. The number of fused-ring (bicyclic) bond motifs is 9. The van der Waals surface area contributed by atoms with E-state index < -0.39 is 43.0 Å². The molecule has 184 valence electrons. The van der Waals surface area contributed by atoms with Crippen LogP contribution in [0.1, 0.15) is 69.4 Å². The Morgan fingerprint density at radius 2 is 1.91 bits per heavy atom. The van der Waals surface area contributed by atoms with Crippen LogP contribution in [0.5, 0.6) is 5.75 Å². The van der Waals surface area contributed by atoms with Gasteiger partial charge in [-0.25, -0.2) is 9.37 Å². The number of aliphatic hydroxyl groups is 1. The highest BCUT2D eigenvalue weighted by molar-refractivity contribution is 6.62. The van der Waals surface area contributed by atoms with Crippen molar-refractivity contribution in [3.63, 3.8) is 0 Å². The molecule has 2 aromatic carbocycles. The van der Waals surface area contributed by atoms with Crippen LogP contribution in [0.4, 0.5) is 13.2 Å². The molecule has 1 unspecified atom stereocenters. The van der Waals surface area contributed by atoms with E-state index in [2.05, 4.69) is 10.3 Å². The number of rotatable bonds is 3. The van der Waals surface area contributed by atoms with Gasteiger partial charge >= 0.3 is 13.7 Å². The molecule has 1 saturated heterocycles. The highest BCUT2D eigenvalue weighted by Gasteiger charge is 2.53. The molecule has 1 aromatic heterocycles. The van der Waals surface area contributed by atoms with Crippen LogP contribution < -0.4 is 15.5 Å². The van der Waals surface area contributed by atoms with Crippen molar-refractivity contribution in [2.75, 3.05) is 0 Å². The maximum absolute atomic E-state index is 15.2. The largest absolute Gasteiger partial charge is 0.497 e. The van der Waals surface area contributed by atoms with Gasteiger partial charge in [0.25, 0.3) is 0 Å². The fourth-order valence-corrected chi connectivity index (χ4v) is 5.33. The average molecular weight is 487 g/mol. The summed E-state index contributed by atoms with van der Waals surface area (Å²) in [6, 6.07) is 6.90. The Hall–Kier alpha value is -2.60. The topological polar surface area (TPSA) is 77.8 Å². The third kappa shape index (κ3) is 3.32. The van der Waals surface area contributed by atoms with E-state index in [1.807, 2.05) is 32.3 Å². The lowest BCUT2D eigenvalue weighted by molar-refractivity contribution is -0.0508. The average Bonchev–Trinajstić information content (AvgIpc) is 3.31. The molecule has 11 heteroatoms. The lowest BCUT2D eigenvalue weighted by Crippen LogP contribution is -2.41. The van der Waals surface area contributed by atoms with Crippen molar-refractivity contribution < 1.29 is 32.3 Å². The van der Waals surface area contributed by atoms with Crippen LogP contribution in [0.15, 0.2) is 30.3 Å². The van der Waals surface area contributed by atoms with Crippen LogP contribution in [0.25, 0.3) is 11.0 Å². The van der Waals surface area contributed by atoms with E-state index in [4.69, 9.17) is 14.0 Å². The minimum atomic E-state index is -3.02. The maximum atomic E-state index is 15.2. The quantitative estimate of drug-likeness (QED) is 0.549. The van der Waals surface area contributed by atoms with Crippen LogP contribution in [0, 0.1) is 5.82 Å². The van der Waals surface area contributed by atoms with Gasteiger partial charge in [0.05, 0.1) is 34.3 Å². The van der Waals surface area contributed by atoms with Gasteiger partial charge in [0.15, 0.2) is 0 Å². The zero-order valence-electron chi connectivity index (χ0n) is 19.7. The van der Waals surface area contributed by atoms with E-state index in [1.54, 1.807) is 18.2 Å². The second-order valence-corrected chi connectivity index (χ2v) is 10.3. The zero-order valence-corrected chi connectivity index (χ0v) is 19.7. The minimum Gasteiger partial charge on any atom is -0.434 e. The summed E-state index contributed by atoms with van der Waals surface area (Å²) in [6.07, 6.45) is -0.623. The third-order valence-corrected chi connectivity index (χ3v) is 7.73. The molecule has 7 nitrogen and oxygen atoms in total. The van der Waals surface area contributed by atoms with Crippen molar-refractivity contribution in [2.45, 2.75) is 70.2 Å². The SMILES string of the molecule is CC1(C)OB(c2cc3c(cc2F)nc2n3[C@@H]3C[C@H]2NC(O)c2cccc(OC(F)F)c23)OC1(C)C. The molecule has 3 aliphatic rings. The zero-order chi connectivity index (χ0) is 24.9. The van der Waals surface area contributed by atoms with Crippen LogP contribution in [-0.2, 0) is 9.31 Å². The van der Waals surface area contributed by atoms with Crippen LogP contribution in [-0.4, -0.2) is 39.6 Å². The number of aliphatic hydroxyl groups excluding tert-OH is 1. The fraction of sp³-hybridized carbons (Fsp3) is 0.458. The molecule has 3 aromatic rings. The first-order valence-corrected chi connectivity index (χ1v) is 11.6. The van der Waals surface area contributed by atoms with Gasteiger partial charge in [0.1, 0.15) is 23.6 Å². The predicted molar refractivity (Wildman–Crippen MR) is 122 cm³/mol. The Balaban J connectivity index is 1.52. The molecule has 2 bridgehead atoms. The number of hydrogen-bond acceptors (Lipinski definition) is 6. The molecular formula is C24H25BF3N3O4. The second kappa shape index (κ2) is 7.46. The van der Waals surface area contributed by atoms with E-state index in [1.165, 1.54) is 12.1 Å². The smallest absolute Gasteiger partial charge is 0.434 e. The summed E-state index contributed by atoms with van der Waals surface area (Å²) in [4.78, 5) is 4.64. The second-order valence-electron chi connectivity index (χ2n) is 10.3. The summed E-state index contributed by atoms with van der Waals surface area (Å²) in [5, 5.41) is 13.9. The van der Waals surface area contributed by atoms with Crippen LogP contribution in [0.2, 0.25) is 0 Å². The monoisotopic (exact) mass is 487 g/mol. The molecule has 1 fully saturated rings. The fourth-order valence-electron chi connectivity index (χ4n) is 5.33. The summed E-state index contributed by atoms with van der Waals surface area (Å²) in [5.74, 6) is 0.0740. The number of aromatic nitrogens is 2. The first-order valence-electron chi connectivity index (χ1n) is 11.6.